The van der Waals surface area contributed by atoms with Crippen molar-refractivity contribution in [2.75, 3.05) is 0 Å². The van der Waals surface area contributed by atoms with Crippen LogP contribution in [0, 0.1) is 20.8 Å². The molecule has 0 fully saturated rings. The van der Waals surface area contributed by atoms with Crippen molar-refractivity contribution < 1.29 is 0 Å². The van der Waals surface area contributed by atoms with Crippen molar-refractivity contribution >= 4 is 26.8 Å². The van der Waals surface area contributed by atoms with E-state index in [1.54, 1.807) is 0 Å². The molecular formula is C12H14BrN. The second kappa shape index (κ2) is 3.13. The smallest absolute Gasteiger partial charge is 0.0884 e. The van der Waals surface area contributed by atoms with Gasteiger partial charge in [-0.1, -0.05) is 6.07 Å². The predicted molar refractivity (Wildman–Crippen MR) is 64.8 cm³/mol. The standard InChI is InChI=1S/C12H14BrN/c1-7-5-8(2)11-9(3)12(13)14(4)10(11)6-7/h5-6H,1-4H3. The molecule has 0 saturated heterocycles. The quantitative estimate of drug-likeness (QED) is 0.670. The topological polar surface area (TPSA) is 4.93 Å². The van der Waals surface area contributed by atoms with Crippen molar-refractivity contribution in [2.45, 2.75) is 20.8 Å². The lowest BCUT2D eigenvalue weighted by molar-refractivity contribution is 0.933. The first-order valence-electron chi connectivity index (χ1n) is 4.74. The lowest BCUT2D eigenvalue weighted by atomic mass is 10.1. The van der Waals surface area contributed by atoms with Crippen LogP contribution in [0.2, 0.25) is 0 Å². The summed E-state index contributed by atoms with van der Waals surface area (Å²) in [6.45, 7) is 6.48. The molecule has 0 atom stereocenters. The van der Waals surface area contributed by atoms with Gasteiger partial charge in [-0.25, -0.2) is 0 Å². The summed E-state index contributed by atoms with van der Waals surface area (Å²) in [5.41, 5.74) is 5.33. The Bertz CT molecular complexity index is 509. The Balaban J connectivity index is 3.02. The molecule has 0 aliphatic carbocycles. The van der Waals surface area contributed by atoms with E-state index in [1.165, 1.54) is 32.2 Å². The monoisotopic (exact) mass is 251 g/mol. The molecule has 0 N–H and O–H groups in total. The average molecular weight is 252 g/mol. The van der Waals surface area contributed by atoms with Crippen LogP contribution in [0.25, 0.3) is 10.9 Å². The highest BCUT2D eigenvalue weighted by Gasteiger charge is 2.11. The molecule has 0 bridgehead atoms. The van der Waals surface area contributed by atoms with Gasteiger partial charge in [0.1, 0.15) is 0 Å². The molecule has 14 heavy (non-hydrogen) atoms. The van der Waals surface area contributed by atoms with E-state index in [1.807, 2.05) is 0 Å². The number of benzene rings is 1. The Morgan fingerprint density at radius 2 is 1.79 bits per heavy atom. The molecule has 1 nitrogen and oxygen atoms in total. The summed E-state index contributed by atoms with van der Waals surface area (Å²) in [6.07, 6.45) is 0. The van der Waals surface area contributed by atoms with Gasteiger partial charge in [0, 0.05) is 18.0 Å². The summed E-state index contributed by atoms with van der Waals surface area (Å²) in [4.78, 5) is 0. The van der Waals surface area contributed by atoms with E-state index >= 15 is 0 Å². The average Bonchev–Trinajstić information content (AvgIpc) is 2.31. The van der Waals surface area contributed by atoms with Crippen LogP contribution in [0.15, 0.2) is 16.7 Å². The minimum Gasteiger partial charge on any atom is -0.338 e. The van der Waals surface area contributed by atoms with Crippen molar-refractivity contribution in [2.24, 2.45) is 7.05 Å². The minimum absolute atomic E-state index is 1.18. The van der Waals surface area contributed by atoms with E-state index in [4.69, 9.17) is 0 Å². The number of aryl methyl sites for hydroxylation is 4. The van der Waals surface area contributed by atoms with E-state index in [0.717, 1.165) is 0 Å². The van der Waals surface area contributed by atoms with Crippen LogP contribution >= 0.6 is 15.9 Å². The normalized spacial score (nSPS) is 11.2. The first-order chi connectivity index (χ1) is 6.52. The van der Waals surface area contributed by atoms with Gasteiger partial charge in [0.2, 0.25) is 0 Å². The van der Waals surface area contributed by atoms with Crippen LogP contribution in [-0.2, 0) is 7.05 Å². The van der Waals surface area contributed by atoms with Gasteiger partial charge in [-0.3, -0.25) is 0 Å². The zero-order valence-corrected chi connectivity index (χ0v) is 10.6. The molecule has 74 valence electrons. The summed E-state index contributed by atoms with van der Waals surface area (Å²) in [7, 11) is 2.10. The van der Waals surface area contributed by atoms with Gasteiger partial charge >= 0.3 is 0 Å². The van der Waals surface area contributed by atoms with Crippen molar-refractivity contribution in [1.82, 2.24) is 4.57 Å². The summed E-state index contributed by atoms with van der Waals surface area (Å²) in [6, 6.07) is 4.47. The zero-order valence-electron chi connectivity index (χ0n) is 8.98. The van der Waals surface area contributed by atoms with Gasteiger partial charge < -0.3 is 4.57 Å². The van der Waals surface area contributed by atoms with Crippen molar-refractivity contribution in [3.63, 3.8) is 0 Å². The third-order valence-corrected chi connectivity index (χ3v) is 3.93. The first kappa shape index (κ1) is 9.78. The van der Waals surface area contributed by atoms with E-state index in [9.17, 15) is 0 Å². The van der Waals surface area contributed by atoms with Gasteiger partial charge in [-0.05, 0) is 59.5 Å². The zero-order chi connectivity index (χ0) is 10.5. The third kappa shape index (κ3) is 1.21. The number of aromatic nitrogens is 1. The maximum atomic E-state index is 3.61. The molecule has 0 aliphatic rings. The molecule has 0 spiro atoms. The van der Waals surface area contributed by atoms with E-state index in [2.05, 4.69) is 60.4 Å². The Morgan fingerprint density at radius 1 is 1.14 bits per heavy atom. The van der Waals surface area contributed by atoms with Gasteiger partial charge in [0.25, 0.3) is 0 Å². The summed E-state index contributed by atoms with van der Waals surface area (Å²) in [5, 5.41) is 1.38. The number of hydrogen-bond donors (Lipinski definition) is 0. The number of hydrogen-bond acceptors (Lipinski definition) is 0. The molecule has 2 heteroatoms. The maximum Gasteiger partial charge on any atom is 0.0884 e. The second-order valence-corrected chi connectivity index (χ2v) is 4.70. The fourth-order valence-electron chi connectivity index (χ4n) is 2.16. The highest BCUT2D eigenvalue weighted by Crippen LogP contribution is 2.31. The maximum absolute atomic E-state index is 3.61. The molecule has 2 aromatic rings. The fraction of sp³-hybridized carbons (Fsp3) is 0.333. The van der Waals surface area contributed by atoms with Crippen molar-refractivity contribution in [3.8, 4) is 0 Å². The van der Waals surface area contributed by atoms with Crippen LogP contribution in [0.4, 0.5) is 0 Å². The fourth-order valence-corrected chi connectivity index (χ4v) is 2.55. The first-order valence-corrected chi connectivity index (χ1v) is 5.53. The lowest BCUT2D eigenvalue weighted by Crippen LogP contribution is -1.87. The summed E-state index contributed by atoms with van der Waals surface area (Å²) < 4.78 is 3.38. The van der Waals surface area contributed by atoms with Crippen LogP contribution in [0.5, 0.6) is 0 Å². The van der Waals surface area contributed by atoms with Crippen LogP contribution in [0.1, 0.15) is 16.7 Å². The highest BCUT2D eigenvalue weighted by molar-refractivity contribution is 9.10. The molecule has 1 aromatic carbocycles. The van der Waals surface area contributed by atoms with Gasteiger partial charge in [-0.2, -0.15) is 0 Å². The molecule has 2 rings (SSSR count). The largest absolute Gasteiger partial charge is 0.338 e. The Hall–Kier alpha value is -0.760. The van der Waals surface area contributed by atoms with Gasteiger partial charge in [0.15, 0.2) is 0 Å². The van der Waals surface area contributed by atoms with E-state index < -0.39 is 0 Å². The number of fused-ring (bicyclic) bond motifs is 1. The molecule has 1 aromatic heterocycles. The van der Waals surface area contributed by atoms with Crippen LogP contribution in [0.3, 0.4) is 0 Å². The van der Waals surface area contributed by atoms with Crippen molar-refractivity contribution in [1.29, 1.82) is 0 Å². The number of nitrogens with zero attached hydrogens (tertiary/aromatic N) is 1. The minimum atomic E-state index is 1.18. The lowest BCUT2D eigenvalue weighted by Gasteiger charge is -2.02. The summed E-state index contributed by atoms with van der Waals surface area (Å²) >= 11 is 3.61. The Labute approximate surface area is 92.9 Å². The second-order valence-electron chi connectivity index (χ2n) is 3.95. The predicted octanol–water partition coefficient (Wildman–Crippen LogP) is 3.87. The molecule has 0 saturated carbocycles. The number of rotatable bonds is 0. The molecule has 0 aliphatic heterocycles. The molecule has 0 unspecified atom stereocenters. The third-order valence-electron chi connectivity index (χ3n) is 2.80. The molecule has 0 amide bonds. The Kier molecular flexibility index (Phi) is 2.18. The molecular weight excluding hydrogens is 238 g/mol. The molecule has 0 radical (unpaired) electrons. The van der Waals surface area contributed by atoms with E-state index in [0.29, 0.717) is 0 Å². The number of halogens is 1. The van der Waals surface area contributed by atoms with Crippen LogP contribution < -0.4 is 0 Å². The van der Waals surface area contributed by atoms with Gasteiger partial charge in [0.05, 0.1) is 4.60 Å². The van der Waals surface area contributed by atoms with E-state index in [-0.39, 0.29) is 0 Å². The van der Waals surface area contributed by atoms with Crippen LogP contribution in [-0.4, -0.2) is 4.57 Å². The van der Waals surface area contributed by atoms with Gasteiger partial charge in [-0.15, -0.1) is 0 Å². The molecule has 1 heterocycles. The highest BCUT2D eigenvalue weighted by atomic mass is 79.9. The summed E-state index contributed by atoms with van der Waals surface area (Å²) in [5.74, 6) is 0. The van der Waals surface area contributed by atoms with Crippen molar-refractivity contribution in [3.05, 3.63) is 33.4 Å². The Morgan fingerprint density at radius 3 is 2.43 bits per heavy atom. The SMILES string of the molecule is Cc1cc(C)c2c(C)c(Br)n(C)c2c1.